The van der Waals surface area contributed by atoms with Gasteiger partial charge in [0, 0.05) is 18.3 Å². The molecule has 1 heterocycles. The second kappa shape index (κ2) is 5.10. The zero-order valence-electron chi connectivity index (χ0n) is 9.11. The Morgan fingerprint density at radius 1 is 1.36 bits per heavy atom. The van der Waals surface area contributed by atoms with E-state index < -0.39 is 0 Å². The van der Waals surface area contributed by atoms with Crippen molar-refractivity contribution in [2.45, 2.75) is 27.2 Å². The molecule has 3 nitrogen and oxygen atoms in total. The van der Waals surface area contributed by atoms with E-state index in [0.717, 1.165) is 17.8 Å². The fraction of sp³-hybridized carbons (Fsp3) is 0.500. The predicted octanol–water partition coefficient (Wildman–Crippen LogP) is 2.49. The molecule has 1 aliphatic heterocycles. The number of aliphatic imine (C=N–C) groups is 1. The minimum atomic E-state index is 0.900. The van der Waals surface area contributed by atoms with Gasteiger partial charge in [0.05, 0.1) is 0 Å². The van der Waals surface area contributed by atoms with Gasteiger partial charge in [0.1, 0.15) is 12.8 Å². The van der Waals surface area contributed by atoms with Gasteiger partial charge in [-0.2, -0.15) is 4.40 Å². The lowest BCUT2D eigenvalue weighted by Gasteiger charge is -2.00. The van der Waals surface area contributed by atoms with E-state index in [9.17, 15) is 0 Å². The monoisotopic (exact) mass is 210 g/mol. The Kier molecular flexibility index (Phi) is 4.07. The van der Waals surface area contributed by atoms with Gasteiger partial charge in [0.15, 0.2) is 6.21 Å². The first-order valence-electron chi connectivity index (χ1n) is 4.56. The maximum absolute atomic E-state index is 4.38. The molecule has 0 aliphatic carbocycles. The number of rotatable bonds is 0. The van der Waals surface area contributed by atoms with Crippen LogP contribution in [0.25, 0.3) is 0 Å². The molecule has 0 fully saturated rings. The molecule has 0 amide bonds. The summed E-state index contributed by atoms with van der Waals surface area (Å²) in [5.74, 6) is 0. The maximum Gasteiger partial charge on any atom is 0.310 e. The number of hydrogen-bond acceptors (Lipinski definition) is 3. The van der Waals surface area contributed by atoms with Crippen molar-refractivity contribution < 1.29 is 3.98 Å². The maximum atomic E-state index is 4.38. The topological polar surface area (TPSA) is 27.7 Å². The molecule has 0 atom stereocenters. The van der Waals surface area contributed by atoms with Crippen molar-refractivity contribution in [2.24, 2.45) is 9.39 Å². The molecule has 0 unspecified atom stereocenters. The summed E-state index contributed by atoms with van der Waals surface area (Å²) < 4.78 is 6.34. The number of nitrogens with zero attached hydrogens (tertiary/aromatic N) is 3. The van der Waals surface area contributed by atoms with E-state index in [1.807, 2.05) is 37.3 Å². The van der Waals surface area contributed by atoms with Crippen LogP contribution in [-0.2, 0) is 0 Å². The molecule has 0 bridgehead atoms. The van der Waals surface area contributed by atoms with Gasteiger partial charge in [-0.05, 0) is 26.3 Å². The van der Waals surface area contributed by atoms with Gasteiger partial charge in [0.25, 0.3) is 0 Å². The summed E-state index contributed by atoms with van der Waals surface area (Å²) in [6, 6.07) is 0. The Morgan fingerprint density at radius 3 is 2.79 bits per heavy atom. The van der Waals surface area contributed by atoms with Crippen LogP contribution >= 0.6 is 12.1 Å². The van der Waals surface area contributed by atoms with Crippen LogP contribution in [0.2, 0.25) is 0 Å². The average molecular weight is 210 g/mol. The van der Waals surface area contributed by atoms with Crippen molar-refractivity contribution in [3.8, 4) is 0 Å². The molecule has 14 heavy (non-hydrogen) atoms. The minimum Gasteiger partial charge on any atom is -0.255 e. The molecule has 0 spiro atoms. The van der Waals surface area contributed by atoms with Crippen molar-refractivity contribution >= 4 is 29.8 Å². The summed E-state index contributed by atoms with van der Waals surface area (Å²) in [7, 11) is 1.97. The van der Waals surface area contributed by atoms with E-state index >= 15 is 0 Å². The highest BCUT2D eigenvalue weighted by Crippen LogP contribution is 2.09. The van der Waals surface area contributed by atoms with Crippen LogP contribution < -0.4 is 0 Å². The summed E-state index contributed by atoms with van der Waals surface area (Å²) in [4.78, 5) is 4.34. The van der Waals surface area contributed by atoms with Crippen LogP contribution in [0.15, 0.2) is 21.2 Å². The second-order valence-corrected chi connectivity index (χ2v) is 4.43. The summed E-state index contributed by atoms with van der Waals surface area (Å²) in [6.45, 7) is 6.10. The molecule has 0 aromatic rings. The minimum absolute atomic E-state index is 0.900. The molecule has 1 aliphatic rings. The van der Waals surface area contributed by atoms with Crippen LogP contribution in [-0.4, -0.2) is 28.7 Å². The largest absolute Gasteiger partial charge is 0.310 e. The van der Waals surface area contributed by atoms with Crippen molar-refractivity contribution in [1.82, 2.24) is 0 Å². The van der Waals surface area contributed by atoms with Crippen LogP contribution in [0, 0.1) is 0 Å². The van der Waals surface area contributed by atoms with Gasteiger partial charge < -0.3 is 0 Å². The van der Waals surface area contributed by atoms with Gasteiger partial charge in [-0.25, -0.2) is 0 Å². The van der Waals surface area contributed by atoms with Gasteiger partial charge in [-0.3, -0.25) is 4.99 Å². The molecule has 0 aromatic carbocycles. The van der Waals surface area contributed by atoms with Crippen LogP contribution in [0.1, 0.15) is 27.2 Å². The molecule has 0 aromatic heterocycles. The summed E-state index contributed by atoms with van der Waals surface area (Å²) in [5, 5.41) is 0. The third-order valence-corrected chi connectivity index (χ3v) is 2.47. The lowest BCUT2D eigenvalue weighted by atomic mass is 10.2. The van der Waals surface area contributed by atoms with Crippen LogP contribution in [0.3, 0.4) is 0 Å². The molecule has 0 N–H and O–H groups in total. The molecule has 0 saturated heterocycles. The highest BCUT2D eigenvalue weighted by Gasteiger charge is 2.03. The average Bonchev–Trinajstić information content (AvgIpc) is 2.11. The standard InChI is InChI=1S/C10H16N3S/c1-8-5-9(2)12-14-13(4)7-10(3)11-6-8/h6-7H,5H2,1-4H3/q+1/b8-6-,11-10-,12-9+,13-7+. The fourth-order valence-corrected chi connectivity index (χ4v) is 1.68. The Labute approximate surface area is 89.6 Å². The van der Waals surface area contributed by atoms with Crippen LogP contribution in [0.5, 0.6) is 0 Å². The first kappa shape index (κ1) is 11.2. The first-order chi connectivity index (χ1) is 6.58. The van der Waals surface area contributed by atoms with Crippen molar-refractivity contribution in [3.05, 3.63) is 11.8 Å². The molecule has 1 rings (SSSR count). The molecule has 4 heteroatoms. The van der Waals surface area contributed by atoms with Crippen LogP contribution in [0.4, 0.5) is 0 Å². The molecule has 0 saturated carbocycles. The van der Waals surface area contributed by atoms with Gasteiger partial charge in [-0.1, -0.05) is 0 Å². The van der Waals surface area contributed by atoms with Gasteiger partial charge in [0.2, 0.25) is 0 Å². The van der Waals surface area contributed by atoms with Crippen molar-refractivity contribution in [2.75, 3.05) is 7.05 Å². The zero-order chi connectivity index (χ0) is 10.6. The van der Waals surface area contributed by atoms with Crippen molar-refractivity contribution in [1.29, 1.82) is 0 Å². The number of allylic oxidation sites excluding steroid dienone is 1. The Balaban J connectivity index is 2.96. The summed E-state index contributed by atoms with van der Waals surface area (Å²) in [5.41, 5.74) is 3.36. The Bertz CT molecular complexity index is 337. The van der Waals surface area contributed by atoms with E-state index in [2.05, 4.69) is 16.3 Å². The van der Waals surface area contributed by atoms with E-state index in [4.69, 9.17) is 0 Å². The lowest BCUT2D eigenvalue weighted by Crippen LogP contribution is -2.05. The SMILES string of the molecule is C/C1=C/N=C(C)\C=[N+](/C)S/N=C(\C)C1. The molecular weight excluding hydrogens is 194 g/mol. The normalized spacial score (nSPS) is 34.0. The highest BCUT2D eigenvalue weighted by atomic mass is 32.2. The Morgan fingerprint density at radius 2 is 2.07 bits per heavy atom. The molecule has 0 radical (unpaired) electrons. The highest BCUT2D eigenvalue weighted by molar-refractivity contribution is 7.92. The lowest BCUT2D eigenvalue weighted by molar-refractivity contribution is -0.298. The smallest absolute Gasteiger partial charge is 0.255 e. The van der Waals surface area contributed by atoms with Gasteiger partial charge >= 0.3 is 12.1 Å². The first-order valence-corrected chi connectivity index (χ1v) is 5.29. The Hall–Kier alpha value is -0.900. The molecule has 76 valence electrons. The van der Waals surface area contributed by atoms with Gasteiger partial charge in [-0.15, -0.1) is 3.98 Å². The molecular formula is C10H16N3S+. The van der Waals surface area contributed by atoms with E-state index in [1.165, 1.54) is 17.7 Å². The van der Waals surface area contributed by atoms with Crippen molar-refractivity contribution in [3.63, 3.8) is 0 Å². The quantitative estimate of drug-likeness (QED) is 0.446. The van der Waals surface area contributed by atoms with E-state index in [-0.39, 0.29) is 0 Å². The third-order valence-electron chi connectivity index (χ3n) is 1.72. The third kappa shape index (κ3) is 3.87. The number of hydrogen-bond donors (Lipinski definition) is 0. The summed E-state index contributed by atoms with van der Waals surface area (Å²) in [6.07, 6.45) is 4.78. The van der Waals surface area contributed by atoms with E-state index in [1.54, 1.807) is 0 Å². The fourth-order valence-electron chi connectivity index (χ4n) is 1.15. The second-order valence-electron chi connectivity index (χ2n) is 3.51. The van der Waals surface area contributed by atoms with E-state index in [0.29, 0.717) is 0 Å². The summed E-state index contributed by atoms with van der Waals surface area (Å²) >= 11 is 1.45. The zero-order valence-corrected chi connectivity index (χ0v) is 9.93. The predicted molar refractivity (Wildman–Crippen MR) is 64.4 cm³/mol.